The van der Waals surface area contributed by atoms with Gasteiger partial charge in [0.25, 0.3) is 0 Å². The van der Waals surface area contributed by atoms with Crippen LogP contribution in [0.1, 0.15) is 32.6 Å². The zero-order valence-corrected chi connectivity index (χ0v) is 8.03. The van der Waals surface area contributed by atoms with Crippen molar-refractivity contribution in [1.82, 2.24) is 0 Å². The molecule has 1 fully saturated rings. The number of carbonyl (C=O) groups is 1. The molecule has 0 aromatic rings. The van der Waals surface area contributed by atoms with Crippen LogP contribution in [0.3, 0.4) is 0 Å². The fraction of sp³-hybridized carbons (Fsp3) is 0.727. The van der Waals surface area contributed by atoms with Crippen molar-refractivity contribution < 1.29 is 9.53 Å². The van der Waals surface area contributed by atoms with Crippen molar-refractivity contribution in [2.45, 2.75) is 38.7 Å². The van der Waals surface area contributed by atoms with Crippen molar-refractivity contribution in [1.29, 1.82) is 0 Å². The van der Waals surface area contributed by atoms with E-state index in [9.17, 15) is 4.79 Å². The van der Waals surface area contributed by atoms with E-state index in [4.69, 9.17) is 4.74 Å². The lowest BCUT2D eigenvalue weighted by Crippen LogP contribution is -2.23. The summed E-state index contributed by atoms with van der Waals surface area (Å²) in [5.74, 6) is 1.38. The third-order valence-corrected chi connectivity index (χ3v) is 3.14. The van der Waals surface area contributed by atoms with Gasteiger partial charge >= 0.3 is 5.97 Å². The molecule has 2 aliphatic rings. The number of rotatable bonds is 1. The maximum Gasteiger partial charge on any atom is 0.303 e. The van der Waals surface area contributed by atoms with Gasteiger partial charge in [0, 0.05) is 6.92 Å². The molecule has 0 heterocycles. The van der Waals surface area contributed by atoms with Crippen LogP contribution in [-0.2, 0) is 9.53 Å². The van der Waals surface area contributed by atoms with Gasteiger partial charge in [-0.1, -0.05) is 12.5 Å². The molecule has 0 amide bonds. The van der Waals surface area contributed by atoms with Crippen LogP contribution in [0.15, 0.2) is 12.2 Å². The first-order valence-electron chi connectivity index (χ1n) is 5.11. The van der Waals surface area contributed by atoms with Crippen LogP contribution in [-0.4, -0.2) is 12.1 Å². The van der Waals surface area contributed by atoms with Crippen LogP contribution in [0.5, 0.6) is 0 Å². The smallest absolute Gasteiger partial charge is 0.303 e. The van der Waals surface area contributed by atoms with E-state index in [-0.39, 0.29) is 12.1 Å². The molecule has 13 heavy (non-hydrogen) atoms. The van der Waals surface area contributed by atoms with Gasteiger partial charge in [0.2, 0.25) is 0 Å². The zero-order valence-electron chi connectivity index (χ0n) is 8.03. The maximum absolute atomic E-state index is 10.7. The number of fused-ring (bicyclic) bond motifs is 1. The molecule has 0 saturated heterocycles. The summed E-state index contributed by atoms with van der Waals surface area (Å²) in [5.41, 5.74) is 0. The molecular weight excluding hydrogens is 164 g/mol. The van der Waals surface area contributed by atoms with E-state index in [0.29, 0.717) is 0 Å². The van der Waals surface area contributed by atoms with E-state index in [1.54, 1.807) is 0 Å². The van der Waals surface area contributed by atoms with E-state index in [0.717, 1.165) is 18.3 Å². The van der Waals surface area contributed by atoms with Crippen LogP contribution in [0.4, 0.5) is 0 Å². The zero-order chi connectivity index (χ0) is 9.26. The van der Waals surface area contributed by atoms with Crippen LogP contribution in [0.25, 0.3) is 0 Å². The number of hydrogen-bond donors (Lipinski definition) is 0. The molecule has 2 nitrogen and oxygen atoms in total. The largest absolute Gasteiger partial charge is 0.458 e. The van der Waals surface area contributed by atoms with Crippen LogP contribution < -0.4 is 0 Å². The topological polar surface area (TPSA) is 26.3 Å². The minimum atomic E-state index is -0.161. The first-order valence-corrected chi connectivity index (χ1v) is 5.11. The van der Waals surface area contributed by atoms with Gasteiger partial charge in [0.05, 0.1) is 0 Å². The van der Waals surface area contributed by atoms with Crippen molar-refractivity contribution in [3.63, 3.8) is 0 Å². The molecule has 0 aromatic heterocycles. The second-order valence-corrected chi connectivity index (χ2v) is 4.12. The maximum atomic E-state index is 10.7. The number of ether oxygens (including phenoxy) is 1. The van der Waals surface area contributed by atoms with Gasteiger partial charge in [-0.05, 0) is 37.2 Å². The van der Waals surface area contributed by atoms with Crippen molar-refractivity contribution in [3.05, 3.63) is 12.2 Å². The first-order chi connectivity index (χ1) is 6.25. The monoisotopic (exact) mass is 180 g/mol. The lowest BCUT2D eigenvalue weighted by Gasteiger charge is -2.25. The van der Waals surface area contributed by atoms with Crippen LogP contribution in [0.2, 0.25) is 0 Å². The van der Waals surface area contributed by atoms with Gasteiger partial charge in [-0.3, -0.25) is 4.79 Å². The highest BCUT2D eigenvalue weighted by molar-refractivity contribution is 5.66. The SMILES string of the molecule is CC(=O)OC1C=CC2CCCC2C1. The van der Waals surface area contributed by atoms with E-state index >= 15 is 0 Å². The second kappa shape index (κ2) is 3.52. The van der Waals surface area contributed by atoms with E-state index in [1.807, 2.05) is 0 Å². The molecule has 3 unspecified atom stereocenters. The number of hydrogen-bond acceptors (Lipinski definition) is 2. The Morgan fingerprint density at radius 3 is 3.00 bits per heavy atom. The average Bonchev–Trinajstić information content (AvgIpc) is 2.49. The number of allylic oxidation sites excluding steroid dienone is 1. The van der Waals surface area contributed by atoms with Crippen molar-refractivity contribution in [3.8, 4) is 0 Å². The molecule has 3 atom stereocenters. The van der Waals surface area contributed by atoms with Crippen LogP contribution in [0, 0.1) is 11.8 Å². The van der Waals surface area contributed by atoms with Crippen molar-refractivity contribution >= 4 is 5.97 Å². The molecule has 2 aliphatic carbocycles. The molecule has 72 valence electrons. The molecule has 0 spiro atoms. The molecule has 1 saturated carbocycles. The summed E-state index contributed by atoms with van der Waals surface area (Å²) < 4.78 is 5.17. The van der Waals surface area contributed by atoms with Gasteiger partial charge in [0.1, 0.15) is 6.10 Å². The highest BCUT2D eigenvalue weighted by Gasteiger charge is 2.31. The molecular formula is C11H16O2. The third-order valence-electron chi connectivity index (χ3n) is 3.14. The van der Waals surface area contributed by atoms with Gasteiger partial charge in [-0.2, -0.15) is 0 Å². The normalized spacial score (nSPS) is 37.2. The van der Waals surface area contributed by atoms with Crippen molar-refractivity contribution in [2.24, 2.45) is 11.8 Å². The predicted molar refractivity (Wildman–Crippen MR) is 50.1 cm³/mol. The first kappa shape index (κ1) is 8.79. The molecule has 2 rings (SSSR count). The highest BCUT2D eigenvalue weighted by Crippen LogP contribution is 2.39. The number of carbonyl (C=O) groups excluding carboxylic acids is 1. The lowest BCUT2D eigenvalue weighted by atomic mass is 9.85. The Hall–Kier alpha value is -0.790. The fourth-order valence-electron chi connectivity index (χ4n) is 2.56. The lowest BCUT2D eigenvalue weighted by molar-refractivity contribution is -0.145. The highest BCUT2D eigenvalue weighted by atomic mass is 16.5. The van der Waals surface area contributed by atoms with E-state index in [1.165, 1.54) is 26.2 Å². The van der Waals surface area contributed by atoms with Gasteiger partial charge in [-0.25, -0.2) is 0 Å². The molecule has 0 bridgehead atoms. The number of esters is 1. The van der Waals surface area contributed by atoms with Gasteiger partial charge in [-0.15, -0.1) is 0 Å². The third kappa shape index (κ3) is 1.93. The summed E-state index contributed by atoms with van der Waals surface area (Å²) in [6, 6.07) is 0. The fourth-order valence-corrected chi connectivity index (χ4v) is 2.56. The second-order valence-electron chi connectivity index (χ2n) is 4.12. The van der Waals surface area contributed by atoms with Crippen LogP contribution >= 0.6 is 0 Å². The summed E-state index contributed by atoms with van der Waals surface area (Å²) in [5, 5.41) is 0. The van der Waals surface area contributed by atoms with E-state index in [2.05, 4.69) is 12.2 Å². The molecule has 0 aliphatic heterocycles. The van der Waals surface area contributed by atoms with Gasteiger partial charge < -0.3 is 4.74 Å². The summed E-state index contributed by atoms with van der Waals surface area (Å²) >= 11 is 0. The Kier molecular flexibility index (Phi) is 2.38. The Balaban J connectivity index is 1.96. The molecule has 2 heteroatoms. The quantitative estimate of drug-likeness (QED) is 0.457. The van der Waals surface area contributed by atoms with Crippen molar-refractivity contribution in [2.75, 3.05) is 0 Å². The molecule has 0 radical (unpaired) electrons. The summed E-state index contributed by atoms with van der Waals surface area (Å²) in [6.45, 7) is 1.48. The Bertz CT molecular complexity index is 232. The summed E-state index contributed by atoms with van der Waals surface area (Å²) in [6.07, 6.45) is 9.38. The summed E-state index contributed by atoms with van der Waals surface area (Å²) in [4.78, 5) is 10.7. The Morgan fingerprint density at radius 1 is 1.38 bits per heavy atom. The summed E-state index contributed by atoms with van der Waals surface area (Å²) in [7, 11) is 0. The molecule has 0 N–H and O–H groups in total. The Labute approximate surface area is 79.0 Å². The minimum absolute atomic E-state index is 0.0526. The minimum Gasteiger partial charge on any atom is -0.458 e. The predicted octanol–water partition coefficient (Wildman–Crippen LogP) is 2.29. The average molecular weight is 180 g/mol. The Morgan fingerprint density at radius 2 is 2.23 bits per heavy atom. The van der Waals surface area contributed by atoms with Gasteiger partial charge in [0.15, 0.2) is 0 Å². The van der Waals surface area contributed by atoms with E-state index < -0.39 is 0 Å². The standard InChI is InChI=1S/C11H16O2/c1-8(12)13-11-6-5-9-3-2-4-10(9)7-11/h5-6,9-11H,2-4,7H2,1H3. The molecule has 0 aromatic carbocycles.